The van der Waals surface area contributed by atoms with Gasteiger partial charge in [-0.2, -0.15) is 0 Å². The first-order valence-corrected chi connectivity index (χ1v) is 8.13. The zero-order valence-electron chi connectivity index (χ0n) is 15.7. The van der Waals surface area contributed by atoms with Gasteiger partial charge in [-0.1, -0.05) is 31.2 Å². The Morgan fingerprint density at radius 3 is 2.35 bits per heavy atom. The molecule has 1 N–H and O–H groups in total. The predicted molar refractivity (Wildman–Crippen MR) is 106 cm³/mol. The SMILES string of the molecule is C=C.CNC(=O)c1ccccc1C(C)c1ccc(N(C)C)c([N+](=O)[O-])c1. The maximum Gasteiger partial charge on any atom is 0.292 e. The molecule has 1 amide bonds. The van der Waals surface area contributed by atoms with Crippen molar-refractivity contribution in [3.05, 3.63) is 82.4 Å². The Kier molecular flexibility index (Phi) is 7.52. The van der Waals surface area contributed by atoms with Crippen LogP contribution in [0.1, 0.15) is 34.3 Å². The average molecular weight is 355 g/mol. The van der Waals surface area contributed by atoms with Crippen LogP contribution >= 0.6 is 0 Å². The van der Waals surface area contributed by atoms with Gasteiger partial charge in [0.2, 0.25) is 0 Å². The van der Waals surface area contributed by atoms with Crippen molar-refractivity contribution in [1.82, 2.24) is 5.32 Å². The lowest BCUT2D eigenvalue weighted by Gasteiger charge is -2.18. The minimum absolute atomic E-state index is 0.0572. The maximum atomic E-state index is 12.1. The van der Waals surface area contributed by atoms with E-state index in [-0.39, 0.29) is 22.4 Å². The summed E-state index contributed by atoms with van der Waals surface area (Å²) in [5.41, 5.74) is 2.82. The van der Waals surface area contributed by atoms with Crippen molar-refractivity contribution in [3.8, 4) is 0 Å². The largest absolute Gasteiger partial charge is 0.372 e. The molecule has 2 rings (SSSR count). The zero-order chi connectivity index (χ0) is 19.9. The fourth-order valence-electron chi connectivity index (χ4n) is 2.73. The Morgan fingerprint density at radius 2 is 1.81 bits per heavy atom. The van der Waals surface area contributed by atoms with Gasteiger partial charge in [-0.3, -0.25) is 14.9 Å². The fraction of sp³-hybridized carbons (Fsp3) is 0.250. The minimum Gasteiger partial charge on any atom is -0.372 e. The van der Waals surface area contributed by atoms with Crippen LogP contribution < -0.4 is 10.2 Å². The van der Waals surface area contributed by atoms with Crippen LogP contribution in [-0.4, -0.2) is 32.0 Å². The van der Waals surface area contributed by atoms with Crippen LogP contribution in [0.5, 0.6) is 0 Å². The number of hydrogen-bond donors (Lipinski definition) is 1. The first-order chi connectivity index (χ1) is 12.4. The molecule has 1 unspecified atom stereocenters. The third kappa shape index (κ3) is 4.47. The molecule has 138 valence electrons. The number of carbonyl (C=O) groups excluding carboxylic acids is 1. The first-order valence-electron chi connectivity index (χ1n) is 8.13. The number of benzene rings is 2. The fourth-order valence-corrected chi connectivity index (χ4v) is 2.73. The lowest BCUT2D eigenvalue weighted by molar-refractivity contribution is -0.384. The van der Waals surface area contributed by atoms with Gasteiger partial charge in [-0.15, -0.1) is 13.2 Å². The van der Waals surface area contributed by atoms with E-state index in [1.54, 1.807) is 50.3 Å². The lowest BCUT2D eigenvalue weighted by Crippen LogP contribution is -2.20. The molecule has 0 aliphatic rings. The lowest BCUT2D eigenvalue weighted by atomic mass is 9.89. The summed E-state index contributed by atoms with van der Waals surface area (Å²) < 4.78 is 0. The molecule has 2 aromatic rings. The van der Waals surface area contributed by atoms with Gasteiger partial charge >= 0.3 is 0 Å². The summed E-state index contributed by atoms with van der Waals surface area (Å²) in [5.74, 6) is -0.315. The number of anilines is 1. The highest BCUT2D eigenvalue weighted by molar-refractivity contribution is 5.95. The van der Waals surface area contributed by atoms with Crippen LogP contribution in [0, 0.1) is 10.1 Å². The normalized spacial score (nSPS) is 10.9. The Bertz CT molecular complexity index is 788. The van der Waals surface area contributed by atoms with Gasteiger partial charge in [0.25, 0.3) is 11.6 Å². The van der Waals surface area contributed by atoms with Crippen molar-refractivity contribution < 1.29 is 9.72 Å². The summed E-state index contributed by atoms with van der Waals surface area (Å²) >= 11 is 0. The highest BCUT2D eigenvalue weighted by Crippen LogP contribution is 2.34. The number of nitrogens with zero attached hydrogens (tertiary/aromatic N) is 2. The van der Waals surface area contributed by atoms with E-state index >= 15 is 0 Å². The van der Waals surface area contributed by atoms with E-state index in [0.29, 0.717) is 11.3 Å². The highest BCUT2D eigenvalue weighted by atomic mass is 16.6. The first kappa shape index (κ1) is 20.9. The van der Waals surface area contributed by atoms with Crippen LogP contribution in [0.2, 0.25) is 0 Å². The molecule has 2 aromatic carbocycles. The van der Waals surface area contributed by atoms with E-state index in [0.717, 1.165) is 11.1 Å². The number of nitro benzene ring substituents is 1. The second kappa shape index (κ2) is 9.36. The number of rotatable bonds is 5. The predicted octanol–water partition coefficient (Wildman–Crippen LogP) is 3.97. The topological polar surface area (TPSA) is 75.5 Å². The van der Waals surface area contributed by atoms with Crippen molar-refractivity contribution in [2.75, 3.05) is 26.0 Å². The summed E-state index contributed by atoms with van der Waals surface area (Å²) in [7, 11) is 5.12. The average Bonchev–Trinajstić information content (AvgIpc) is 2.67. The van der Waals surface area contributed by atoms with Gasteiger partial charge in [-0.25, -0.2) is 0 Å². The quantitative estimate of drug-likeness (QED) is 0.500. The van der Waals surface area contributed by atoms with Crippen molar-refractivity contribution in [2.45, 2.75) is 12.8 Å². The number of nitro groups is 1. The third-order valence-electron chi connectivity index (χ3n) is 4.08. The van der Waals surface area contributed by atoms with Crippen LogP contribution in [0.4, 0.5) is 11.4 Å². The summed E-state index contributed by atoms with van der Waals surface area (Å²) in [5, 5.41) is 14.0. The number of hydrogen-bond acceptors (Lipinski definition) is 4. The molecule has 0 spiro atoms. The zero-order valence-corrected chi connectivity index (χ0v) is 15.7. The van der Waals surface area contributed by atoms with Crippen molar-refractivity contribution in [3.63, 3.8) is 0 Å². The molecule has 0 radical (unpaired) electrons. The van der Waals surface area contributed by atoms with Crippen LogP contribution in [0.15, 0.2) is 55.6 Å². The van der Waals surface area contributed by atoms with E-state index < -0.39 is 0 Å². The van der Waals surface area contributed by atoms with E-state index in [4.69, 9.17) is 0 Å². The molecular formula is C20H25N3O3. The smallest absolute Gasteiger partial charge is 0.292 e. The van der Waals surface area contributed by atoms with Crippen molar-refractivity contribution >= 4 is 17.3 Å². The van der Waals surface area contributed by atoms with Crippen molar-refractivity contribution in [1.29, 1.82) is 0 Å². The summed E-state index contributed by atoms with van der Waals surface area (Å²) in [6, 6.07) is 12.5. The molecule has 0 fully saturated rings. The molecule has 6 heteroatoms. The summed E-state index contributed by atoms with van der Waals surface area (Å²) in [4.78, 5) is 24.8. The monoisotopic (exact) mass is 355 g/mol. The van der Waals surface area contributed by atoms with Gasteiger partial charge in [0.15, 0.2) is 0 Å². The highest BCUT2D eigenvalue weighted by Gasteiger charge is 2.21. The molecule has 0 aromatic heterocycles. The van der Waals surface area contributed by atoms with Crippen LogP contribution in [0.3, 0.4) is 0 Å². The van der Waals surface area contributed by atoms with Crippen LogP contribution in [-0.2, 0) is 0 Å². The molecule has 26 heavy (non-hydrogen) atoms. The minimum atomic E-state index is -0.379. The maximum absolute atomic E-state index is 12.1. The summed E-state index contributed by atoms with van der Waals surface area (Å²) in [6.07, 6.45) is 0. The Labute approximate surface area is 154 Å². The molecule has 6 nitrogen and oxygen atoms in total. The molecule has 0 saturated heterocycles. The van der Waals surface area contributed by atoms with E-state index in [2.05, 4.69) is 18.5 Å². The third-order valence-corrected chi connectivity index (χ3v) is 4.08. The van der Waals surface area contributed by atoms with E-state index in [9.17, 15) is 14.9 Å². The molecular weight excluding hydrogens is 330 g/mol. The molecule has 0 heterocycles. The van der Waals surface area contributed by atoms with Gasteiger partial charge in [-0.05, 0) is 23.3 Å². The Balaban J connectivity index is 0.00000163. The molecule has 0 aliphatic heterocycles. The Hall–Kier alpha value is -3.15. The summed E-state index contributed by atoms with van der Waals surface area (Å²) in [6.45, 7) is 7.94. The van der Waals surface area contributed by atoms with Gasteiger partial charge in [0, 0.05) is 38.7 Å². The number of nitrogens with one attached hydrogen (secondary N) is 1. The molecule has 0 saturated carbocycles. The second-order valence-corrected chi connectivity index (χ2v) is 5.79. The standard InChI is InChI=1S/C18H21N3O3.C2H4/c1-12(14-7-5-6-8-15(14)18(22)19-2)13-9-10-16(20(3)4)17(11-13)21(23)24;1-2/h5-12H,1-4H3,(H,19,22);1-2H2. The van der Waals surface area contributed by atoms with Crippen LogP contribution in [0.25, 0.3) is 0 Å². The number of carbonyl (C=O) groups is 1. The number of amides is 1. The second-order valence-electron chi connectivity index (χ2n) is 5.79. The molecule has 0 bridgehead atoms. The van der Waals surface area contributed by atoms with E-state index in [1.165, 1.54) is 0 Å². The van der Waals surface area contributed by atoms with Crippen molar-refractivity contribution in [2.24, 2.45) is 0 Å². The van der Waals surface area contributed by atoms with Gasteiger partial charge < -0.3 is 10.2 Å². The molecule has 0 aliphatic carbocycles. The van der Waals surface area contributed by atoms with Gasteiger partial charge in [0.05, 0.1) is 4.92 Å². The Morgan fingerprint density at radius 1 is 1.19 bits per heavy atom. The molecule has 1 atom stereocenters. The van der Waals surface area contributed by atoms with E-state index in [1.807, 2.05) is 25.1 Å². The van der Waals surface area contributed by atoms with Gasteiger partial charge in [0.1, 0.15) is 5.69 Å².